The van der Waals surface area contributed by atoms with Gasteiger partial charge in [-0.3, -0.25) is 13.8 Å². The second kappa shape index (κ2) is 10.8. The Morgan fingerprint density at radius 3 is 2.63 bits per heavy atom. The third-order valence-electron chi connectivity index (χ3n) is 8.15. The molecule has 228 valence electrons. The molecule has 1 fully saturated rings. The van der Waals surface area contributed by atoms with Crippen LogP contribution in [0.15, 0.2) is 65.8 Å². The number of esters is 1. The van der Waals surface area contributed by atoms with Crippen LogP contribution in [0.4, 0.5) is 13.2 Å². The second-order valence-electron chi connectivity index (χ2n) is 11.4. The number of halogens is 3. The fourth-order valence-corrected chi connectivity index (χ4v) is 7.90. The summed E-state index contributed by atoms with van der Waals surface area (Å²) in [6.07, 6.45) is 0.290. The Morgan fingerprint density at radius 2 is 1.93 bits per heavy atom. The van der Waals surface area contributed by atoms with Crippen LogP contribution >= 0.6 is 10.8 Å². The van der Waals surface area contributed by atoms with E-state index in [0.29, 0.717) is 17.5 Å². The highest BCUT2D eigenvalue weighted by molar-refractivity contribution is 8.22. The molecule has 1 aliphatic carbocycles. The van der Waals surface area contributed by atoms with E-state index in [9.17, 15) is 27.1 Å². The predicted octanol–water partition coefficient (Wildman–Crippen LogP) is 6.40. The van der Waals surface area contributed by atoms with Crippen LogP contribution in [0.2, 0.25) is 0 Å². The van der Waals surface area contributed by atoms with Gasteiger partial charge in [0.1, 0.15) is 0 Å². The van der Waals surface area contributed by atoms with Crippen LogP contribution in [0.5, 0.6) is 0 Å². The van der Waals surface area contributed by atoms with Gasteiger partial charge in [-0.15, -0.1) is 15.9 Å². The fourth-order valence-electron chi connectivity index (χ4n) is 6.04. The van der Waals surface area contributed by atoms with Crippen molar-refractivity contribution in [1.82, 2.24) is 23.9 Å². The maximum absolute atomic E-state index is 13.5. The monoisotopic (exact) mass is 615 g/mol. The molecule has 3 heterocycles. The molecule has 0 spiro atoms. The Labute approximate surface area is 248 Å². The molecule has 1 saturated carbocycles. The minimum absolute atomic E-state index is 0.0159. The third kappa shape index (κ3) is 5.57. The minimum atomic E-state index is -4.60. The molecule has 4 aromatic rings. The van der Waals surface area contributed by atoms with Gasteiger partial charge in [-0.25, -0.2) is 4.79 Å². The molecule has 0 amide bonds. The van der Waals surface area contributed by atoms with E-state index in [1.807, 2.05) is 48.1 Å². The molecule has 3 unspecified atom stereocenters. The van der Waals surface area contributed by atoms with E-state index < -0.39 is 28.5 Å². The Bertz CT molecular complexity index is 1680. The van der Waals surface area contributed by atoms with Gasteiger partial charge in [0.25, 0.3) is 0 Å². The van der Waals surface area contributed by atoms with E-state index in [-0.39, 0.29) is 35.7 Å². The third-order valence-corrected chi connectivity index (χ3v) is 10.1. The van der Waals surface area contributed by atoms with Gasteiger partial charge >= 0.3 is 12.1 Å². The number of methoxy groups -OCH3 is 1. The molecule has 0 radical (unpaired) electrons. The Morgan fingerprint density at radius 1 is 1.14 bits per heavy atom. The summed E-state index contributed by atoms with van der Waals surface area (Å²) in [5, 5.41) is 8.29. The molecule has 6 rings (SSSR count). The molecule has 13 heteroatoms. The topological polar surface area (TPSA) is 106 Å². The first kappa shape index (κ1) is 29.4. The summed E-state index contributed by atoms with van der Waals surface area (Å²) in [6.45, 7) is 2.32. The number of rotatable bonds is 6. The van der Waals surface area contributed by atoms with Crippen molar-refractivity contribution in [3.8, 4) is 5.69 Å². The van der Waals surface area contributed by atoms with Gasteiger partial charge in [0.05, 0.1) is 28.8 Å². The number of benzene rings is 2. The van der Waals surface area contributed by atoms with Crippen LogP contribution in [0.3, 0.4) is 0 Å². The number of hydrogen-bond donors (Lipinski definition) is 2. The molecule has 2 aliphatic rings. The first-order valence-corrected chi connectivity index (χ1v) is 15.4. The average molecular weight is 616 g/mol. The molecule has 9 nitrogen and oxygen atoms in total. The van der Waals surface area contributed by atoms with Crippen molar-refractivity contribution in [2.45, 2.75) is 49.2 Å². The quantitative estimate of drug-likeness (QED) is 0.242. The predicted molar refractivity (Wildman–Crippen MR) is 154 cm³/mol. The second-order valence-corrected chi connectivity index (χ2v) is 13.4. The highest BCUT2D eigenvalue weighted by atomic mass is 32.3. The van der Waals surface area contributed by atoms with E-state index in [1.165, 1.54) is 17.5 Å². The molecular formula is C30H32F3N5O4S. The molecule has 43 heavy (non-hydrogen) atoms. The normalized spacial score (nSPS) is 22.5. The Hall–Kier alpha value is -3.65. The summed E-state index contributed by atoms with van der Waals surface area (Å²) >= 11 is 0. The number of aryl methyl sites for hydroxylation is 1. The minimum Gasteiger partial charge on any atom is -0.465 e. The number of nitrogens with zero attached hydrogens (tertiary/aromatic N) is 5. The summed E-state index contributed by atoms with van der Waals surface area (Å²) in [7, 11) is -0.576. The standard InChI is InChI=1S/C30H32F3N5O4S/c1-18-11-20-7-8-21(30(31,32)33)13-27(20)43(40,41)37(15-18)16-19-5-4-6-22(12-19)38-10-9-23(29(39)42-3)28(38)25-14-24(25)26-17-36(2)35-34-26/h4-10,12-13,17-18,24-25,40-41H,11,14-16H2,1-3H3. The van der Waals surface area contributed by atoms with Crippen molar-refractivity contribution >= 4 is 16.7 Å². The zero-order valence-corrected chi connectivity index (χ0v) is 24.6. The molecule has 2 aromatic heterocycles. The molecule has 3 atom stereocenters. The lowest BCUT2D eigenvalue weighted by molar-refractivity contribution is -0.137. The van der Waals surface area contributed by atoms with Gasteiger partial charge in [-0.1, -0.05) is 30.3 Å². The van der Waals surface area contributed by atoms with Gasteiger partial charge in [0.2, 0.25) is 0 Å². The van der Waals surface area contributed by atoms with Crippen LogP contribution in [-0.4, -0.2) is 52.6 Å². The molecule has 0 saturated heterocycles. The number of fused-ring (bicyclic) bond motifs is 1. The van der Waals surface area contributed by atoms with Gasteiger partial charge < -0.3 is 9.30 Å². The van der Waals surface area contributed by atoms with Crippen LogP contribution in [0, 0.1) is 5.92 Å². The smallest absolute Gasteiger partial charge is 0.416 e. The molecular weight excluding hydrogens is 583 g/mol. The van der Waals surface area contributed by atoms with Crippen LogP contribution in [0.25, 0.3) is 5.69 Å². The lowest BCUT2D eigenvalue weighted by atomic mass is 9.99. The van der Waals surface area contributed by atoms with Gasteiger partial charge in [0.15, 0.2) is 0 Å². The number of hydrogen-bond acceptors (Lipinski definition) is 7. The van der Waals surface area contributed by atoms with Crippen molar-refractivity contribution < 1.29 is 31.8 Å². The Balaban J connectivity index is 1.33. The average Bonchev–Trinajstić information content (AvgIpc) is 3.43. The van der Waals surface area contributed by atoms with E-state index in [4.69, 9.17) is 4.74 Å². The summed E-state index contributed by atoms with van der Waals surface area (Å²) in [4.78, 5) is 12.6. The summed E-state index contributed by atoms with van der Waals surface area (Å²) in [5.41, 5.74) is 3.18. The van der Waals surface area contributed by atoms with Crippen molar-refractivity contribution in [2.24, 2.45) is 13.0 Å². The summed E-state index contributed by atoms with van der Waals surface area (Å²) in [6, 6.07) is 12.4. The lowest BCUT2D eigenvalue weighted by Crippen LogP contribution is -2.30. The van der Waals surface area contributed by atoms with Gasteiger partial charge in [-0.05, 0) is 60.2 Å². The zero-order chi connectivity index (χ0) is 30.7. The number of alkyl halides is 3. The highest BCUT2D eigenvalue weighted by Gasteiger charge is 2.45. The maximum atomic E-state index is 13.5. The highest BCUT2D eigenvalue weighted by Crippen LogP contribution is 2.57. The van der Waals surface area contributed by atoms with Crippen LogP contribution in [-0.2, 0) is 30.9 Å². The number of aromatic nitrogens is 4. The number of carbonyl (C=O) groups is 1. The van der Waals surface area contributed by atoms with Crippen molar-refractivity contribution in [2.75, 3.05) is 13.7 Å². The van der Waals surface area contributed by atoms with E-state index in [0.717, 1.165) is 41.2 Å². The zero-order valence-electron chi connectivity index (χ0n) is 23.8. The lowest BCUT2D eigenvalue weighted by Gasteiger charge is -2.43. The molecule has 0 bridgehead atoms. The Kier molecular flexibility index (Phi) is 7.40. The van der Waals surface area contributed by atoms with Crippen molar-refractivity contribution in [1.29, 1.82) is 0 Å². The van der Waals surface area contributed by atoms with Crippen LogP contribution in [0.1, 0.15) is 63.6 Å². The number of carbonyl (C=O) groups excluding carboxylic acids is 1. The fraction of sp³-hybridized carbons (Fsp3) is 0.367. The summed E-state index contributed by atoms with van der Waals surface area (Å²) < 4.78 is 73.5. The van der Waals surface area contributed by atoms with Crippen molar-refractivity contribution in [3.05, 3.63) is 94.6 Å². The molecule has 1 aliphatic heterocycles. The maximum Gasteiger partial charge on any atom is 0.416 e. The SMILES string of the molecule is COC(=O)c1ccn(-c2cccc(CN3CC(C)Cc4ccc(C(F)(F)F)cc4S3(O)O)c2)c1C1CC1c1cn(C)nn1. The van der Waals surface area contributed by atoms with Gasteiger partial charge in [0, 0.05) is 55.7 Å². The van der Waals surface area contributed by atoms with E-state index in [1.54, 1.807) is 17.8 Å². The van der Waals surface area contributed by atoms with Crippen LogP contribution < -0.4 is 0 Å². The van der Waals surface area contributed by atoms with E-state index in [2.05, 4.69) is 10.3 Å². The first-order valence-electron chi connectivity index (χ1n) is 13.9. The molecule has 2 N–H and O–H groups in total. The summed E-state index contributed by atoms with van der Waals surface area (Å²) in [5.74, 6) is -0.359. The first-order chi connectivity index (χ1) is 20.4. The van der Waals surface area contributed by atoms with Crippen molar-refractivity contribution in [3.63, 3.8) is 0 Å². The largest absolute Gasteiger partial charge is 0.465 e. The van der Waals surface area contributed by atoms with Gasteiger partial charge in [-0.2, -0.15) is 17.5 Å². The molecule has 2 aromatic carbocycles. The number of ether oxygens (including phenoxy) is 1. The van der Waals surface area contributed by atoms with E-state index >= 15 is 0 Å².